The van der Waals surface area contributed by atoms with Crippen molar-refractivity contribution in [2.24, 2.45) is 5.73 Å². The van der Waals surface area contributed by atoms with Crippen molar-refractivity contribution in [1.29, 1.82) is 0 Å². The fourth-order valence-corrected chi connectivity index (χ4v) is 1.18. The Morgan fingerprint density at radius 3 is 2.33 bits per heavy atom. The zero-order valence-electron chi connectivity index (χ0n) is 9.06. The Morgan fingerprint density at radius 1 is 1.40 bits per heavy atom. The number of methoxy groups -OCH3 is 1. The first-order valence-corrected chi connectivity index (χ1v) is 4.92. The van der Waals surface area contributed by atoms with E-state index in [0.29, 0.717) is 13.0 Å². The maximum absolute atomic E-state index is 11.7. The van der Waals surface area contributed by atoms with Crippen molar-refractivity contribution in [3.8, 4) is 0 Å². The van der Waals surface area contributed by atoms with Crippen molar-refractivity contribution in [3.05, 3.63) is 0 Å². The normalized spacial score (nSPS) is 12.5. The Balaban J connectivity index is 4.08. The Morgan fingerprint density at radius 2 is 1.93 bits per heavy atom. The first-order chi connectivity index (χ1) is 7.17. The highest BCUT2D eigenvalue weighted by molar-refractivity contribution is 5.81. The largest absolute Gasteiger partial charge is 0.395 e. The van der Waals surface area contributed by atoms with Gasteiger partial charge in [0, 0.05) is 26.8 Å². The molecule has 0 heterocycles. The monoisotopic (exact) mass is 220 g/mol. The summed E-state index contributed by atoms with van der Waals surface area (Å²) in [6.45, 7) is 0.532. The third kappa shape index (κ3) is 5.68. The zero-order chi connectivity index (χ0) is 11.7. The van der Waals surface area contributed by atoms with E-state index in [4.69, 9.17) is 20.7 Å². The van der Waals surface area contributed by atoms with Gasteiger partial charge in [0.15, 0.2) is 0 Å². The van der Waals surface area contributed by atoms with E-state index >= 15 is 0 Å². The highest BCUT2D eigenvalue weighted by atomic mass is 16.5. The summed E-state index contributed by atoms with van der Waals surface area (Å²) in [5.74, 6) is -0.268. The van der Waals surface area contributed by atoms with Crippen LogP contribution in [-0.4, -0.2) is 67.1 Å². The number of nitrogens with zero attached hydrogens (tertiary/aromatic N) is 1. The Kier molecular flexibility index (Phi) is 8.21. The van der Waals surface area contributed by atoms with Gasteiger partial charge in [-0.3, -0.25) is 4.79 Å². The predicted molar refractivity (Wildman–Crippen MR) is 55.2 cm³/mol. The molecule has 0 aliphatic rings. The minimum atomic E-state index is -0.636. The Labute approximate surface area is 89.6 Å². The number of carbonyl (C=O) groups excluding carboxylic acids is 1. The van der Waals surface area contributed by atoms with E-state index in [1.54, 1.807) is 0 Å². The lowest BCUT2D eigenvalue weighted by molar-refractivity contribution is -0.134. The minimum absolute atomic E-state index is 0.136. The third-order valence-electron chi connectivity index (χ3n) is 2.00. The lowest BCUT2D eigenvalue weighted by Gasteiger charge is -2.24. The van der Waals surface area contributed by atoms with Gasteiger partial charge in [-0.05, 0) is 6.42 Å². The highest BCUT2D eigenvalue weighted by Crippen LogP contribution is 1.97. The molecule has 1 atom stereocenters. The van der Waals surface area contributed by atoms with E-state index in [0.717, 1.165) is 0 Å². The number of rotatable bonds is 8. The number of aliphatic hydroxyl groups excluding tert-OH is 2. The molecule has 0 saturated heterocycles. The van der Waals surface area contributed by atoms with Crippen LogP contribution in [-0.2, 0) is 9.53 Å². The summed E-state index contributed by atoms with van der Waals surface area (Å²) >= 11 is 0. The molecule has 15 heavy (non-hydrogen) atoms. The second kappa shape index (κ2) is 8.60. The Hall–Kier alpha value is -0.690. The minimum Gasteiger partial charge on any atom is -0.395 e. The molecule has 1 amide bonds. The molecule has 0 bridgehead atoms. The molecule has 6 nitrogen and oxygen atoms in total. The van der Waals surface area contributed by atoms with Crippen LogP contribution in [0.1, 0.15) is 6.42 Å². The lowest BCUT2D eigenvalue weighted by atomic mass is 10.2. The molecule has 0 aromatic heterocycles. The maximum atomic E-state index is 11.7. The van der Waals surface area contributed by atoms with Gasteiger partial charge in [0.05, 0.1) is 19.3 Å². The van der Waals surface area contributed by atoms with Gasteiger partial charge >= 0.3 is 0 Å². The fraction of sp³-hybridized carbons (Fsp3) is 0.889. The summed E-state index contributed by atoms with van der Waals surface area (Å²) in [5, 5.41) is 17.5. The number of amides is 1. The standard InChI is InChI=1S/C9H20N2O4/c1-15-7-2-8(10)9(14)11(3-5-12)4-6-13/h8,12-13H,2-7,10H2,1H3. The van der Waals surface area contributed by atoms with E-state index in [-0.39, 0.29) is 32.2 Å². The highest BCUT2D eigenvalue weighted by Gasteiger charge is 2.19. The second-order valence-corrected chi connectivity index (χ2v) is 3.16. The zero-order valence-corrected chi connectivity index (χ0v) is 9.06. The van der Waals surface area contributed by atoms with Gasteiger partial charge in [-0.2, -0.15) is 0 Å². The molecule has 1 unspecified atom stereocenters. The van der Waals surface area contributed by atoms with Crippen LogP contribution in [0.25, 0.3) is 0 Å². The molecular formula is C9H20N2O4. The number of aliphatic hydroxyl groups is 2. The summed E-state index contributed by atoms with van der Waals surface area (Å²) < 4.78 is 4.81. The van der Waals surface area contributed by atoms with E-state index < -0.39 is 6.04 Å². The molecule has 6 heteroatoms. The van der Waals surface area contributed by atoms with Crippen LogP contribution < -0.4 is 5.73 Å². The number of hydrogen-bond donors (Lipinski definition) is 3. The molecule has 0 radical (unpaired) electrons. The molecule has 0 saturated carbocycles. The van der Waals surface area contributed by atoms with E-state index in [9.17, 15) is 4.79 Å². The van der Waals surface area contributed by atoms with Crippen LogP contribution >= 0.6 is 0 Å². The van der Waals surface area contributed by atoms with Crippen LogP contribution in [0.5, 0.6) is 0 Å². The van der Waals surface area contributed by atoms with Crippen molar-refractivity contribution in [3.63, 3.8) is 0 Å². The molecule has 0 rings (SSSR count). The van der Waals surface area contributed by atoms with Crippen LogP contribution in [0.2, 0.25) is 0 Å². The van der Waals surface area contributed by atoms with Crippen molar-refractivity contribution in [2.75, 3.05) is 40.0 Å². The van der Waals surface area contributed by atoms with Gasteiger partial charge in [0.1, 0.15) is 0 Å². The third-order valence-corrected chi connectivity index (χ3v) is 2.00. The molecule has 0 aromatic rings. The van der Waals surface area contributed by atoms with E-state index in [2.05, 4.69) is 0 Å². The number of hydrogen-bond acceptors (Lipinski definition) is 5. The van der Waals surface area contributed by atoms with Gasteiger partial charge in [-0.1, -0.05) is 0 Å². The van der Waals surface area contributed by atoms with Gasteiger partial charge in [0.2, 0.25) is 5.91 Å². The van der Waals surface area contributed by atoms with Crippen LogP contribution in [0.4, 0.5) is 0 Å². The SMILES string of the molecule is COCCC(N)C(=O)N(CCO)CCO. The molecule has 0 aromatic carbocycles. The molecule has 4 N–H and O–H groups in total. The van der Waals surface area contributed by atoms with Crippen molar-refractivity contribution >= 4 is 5.91 Å². The Bertz CT molecular complexity index is 171. The first kappa shape index (κ1) is 14.3. The van der Waals surface area contributed by atoms with Crippen molar-refractivity contribution in [2.45, 2.75) is 12.5 Å². The van der Waals surface area contributed by atoms with Gasteiger partial charge in [0.25, 0.3) is 0 Å². The quantitative estimate of drug-likeness (QED) is 0.447. The fourth-order valence-electron chi connectivity index (χ4n) is 1.18. The molecule has 0 fully saturated rings. The summed E-state index contributed by atoms with van der Waals surface area (Å²) in [5.41, 5.74) is 5.63. The molecule has 0 aliphatic heterocycles. The van der Waals surface area contributed by atoms with Crippen LogP contribution in [0.15, 0.2) is 0 Å². The lowest BCUT2D eigenvalue weighted by Crippen LogP contribution is -2.46. The van der Waals surface area contributed by atoms with Crippen molar-refractivity contribution in [1.82, 2.24) is 4.90 Å². The molecule has 90 valence electrons. The second-order valence-electron chi connectivity index (χ2n) is 3.16. The molecule has 0 spiro atoms. The summed E-state index contributed by atoms with van der Waals surface area (Å²) in [6, 6.07) is -0.636. The summed E-state index contributed by atoms with van der Waals surface area (Å²) in [6.07, 6.45) is 0.433. The van der Waals surface area contributed by atoms with E-state index in [1.165, 1.54) is 12.0 Å². The molecule has 0 aliphatic carbocycles. The van der Waals surface area contributed by atoms with Crippen molar-refractivity contribution < 1.29 is 19.7 Å². The van der Waals surface area contributed by atoms with Crippen LogP contribution in [0.3, 0.4) is 0 Å². The summed E-state index contributed by atoms with van der Waals surface area (Å²) in [7, 11) is 1.54. The van der Waals surface area contributed by atoms with Gasteiger partial charge in [-0.25, -0.2) is 0 Å². The average molecular weight is 220 g/mol. The predicted octanol–water partition coefficient (Wildman–Crippen LogP) is -1.84. The first-order valence-electron chi connectivity index (χ1n) is 4.92. The smallest absolute Gasteiger partial charge is 0.239 e. The molecular weight excluding hydrogens is 200 g/mol. The number of nitrogens with two attached hydrogens (primary N) is 1. The maximum Gasteiger partial charge on any atom is 0.239 e. The van der Waals surface area contributed by atoms with Gasteiger partial charge in [-0.15, -0.1) is 0 Å². The van der Waals surface area contributed by atoms with Crippen LogP contribution in [0, 0.1) is 0 Å². The topological polar surface area (TPSA) is 96.0 Å². The van der Waals surface area contributed by atoms with Gasteiger partial charge < -0.3 is 25.6 Å². The number of ether oxygens (including phenoxy) is 1. The summed E-state index contributed by atoms with van der Waals surface area (Å²) in [4.78, 5) is 13.0. The van der Waals surface area contributed by atoms with E-state index in [1.807, 2.05) is 0 Å². The number of carbonyl (C=O) groups is 1. The average Bonchev–Trinajstić information content (AvgIpc) is 2.24.